The lowest BCUT2D eigenvalue weighted by atomic mass is 9.82. The highest BCUT2D eigenvalue weighted by molar-refractivity contribution is 6.22. The SMILES string of the molecule is Cc1nc(-c2ccccn2)c(C)c(C)c1-c1c2ccccc2c(-c2c(C)nc(-c3ccccn3)c(C)c2C)c2ccccc12. The van der Waals surface area contributed by atoms with Crippen LogP contribution >= 0.6 is 0 Å². The topological polar surface area (TPSA) is 51.6 Å². The van der Waals surface area contributed by atoms with Crippen LogP contribution in [0.3, 0.4) is 0 Å². The van der Waals surface area contributed by atoms with Crippen LogP contribution in [0.4, 0.5) is 0 Å². The minimum atomic E-state index is 0.899. The Balaban J connectivity index is 1.56. The van der Waals surface area contributed by atoms with Gasteiger partial charge in [0.1, 0.15) is 0 Å². The van der Waals surface area contributed by atoms with E-state index in [1.165, 1.54) is 54.9 Å². The summed E-state index contributed by atoms with van der Waals surface area (Å²) < 4.78 is 0. The predicted molar refractivity (Wildman–Crippen MR) is 183 cm³/mol. The number of benzene rings is 3. The van der Waals surface area contributed by atoms with Crippen LogP contribution in [0.5, 0.6) is 0 Å². The van der Waals surface area contributed by atoms with Gasteiger partial charge in [0, 0.05) is 34.9 Å². The van der Waals surface area contributed by atoms with E-state index >= 15 is 0 Å². The van der Waals surface area contributed by atoms with Crippen LogP contribution < -0.4 is 0 Å². The summed E-state index contributed by atoms with van der Waals surface area (Å²) in [4.78, 5) is 19.6. The highest BCUT2D eigenvalue weighted by atomic mass is 14.8. The van der Waals surface area contributed by atoms with Crippen LogP contribution in [0.15, 0.2) is 97.3 Å². The van der Waals surface area contributed by atoms with Crippen molar-refractivity contribution in [3.8, 4) is 45.0 Å². The van der Waals surface area contributed by atoms with Gasteiger partial charge in [-0.2, -0.15) is 0 Å². The molecule has 7 rings (SSSR count). The molecule has 0 bridgehead atoms. The summed E-state index contributed by atoms with van der Waals surface area (Å²) in [6.45, 7) is 13.0. The molecule has 214 valence electrons. The molecular formula is C40H34N4. The standard InChI is InChI=1S/C40H34N4/c1-23-25(3)39(33-19-11-13-21-41-33)43-27(5)35(23)37-29-15-7-9-17-31(29)38(32-18-10-8-16-30(32)37)36-24(2)26(4)40(44-28(36)6)34-20-12-14-22-42-34/h7-22H,1-6H3. The maximum absolute atomic E-state index is 5.17. The molecule has 4 heteroatoms. The molecule has 0 amide bonds. The second-order valence-electron chi connectivity index (χ2n) is 11.6. The molecule has 0 N–H and O–H groups in total. The van der Waals surface area contributed by atoms with Crippen LogP contribution in [0.25, 0.3) is 66.6 Å². The van der Waals surface area contributed by atoms with Crippen LogP contribution in [-0.4, -0.2) is 19.9 Å². The van der Waals surface area contributed by atoms with E-state index in [-0.39, 0.29) is 0 Å². The summed E-state index contributed by atoms with van der Waals surface area (Å²) in [5.41, 5.74) is 15.3. The Bertz CT molecular complexity index is 2000. The third kappa shape index (κ3) is 4.29. The fraction of sp³-hybridized carbons (Fsp3) is 0.150. The Morgan fingerprint density at radius 2 is 0.705 bits per heavy atom. The normalized spacial score (nSPS) is 11.4. The largest absolute Gasteiger partial charge is 0.255 e. The molecule has 0 saturated heterocycles. The van der Waals surface area contributed by atoms with Crippen molar-refractivity contribution in [2.75, 3.05) is 0 Å². The molecule has 0 atom stereocenters. The minimum Gasteiger partial charge on any atom is -0.255 e. The van der Waals surface area contributed by atoms with Gasteiger partial charge in [-0.1, -0.05) is 60.7 Å². The molecule has 4 aromatic heterocycles. The molecule has 3 aromatic carbocycles. The number of hydrogen-bond acceptors (Lipinski definition) is 4. The van der Waals surface area contributed by atoms with E-state index in [4.69, 9.17) is 9.97 Å². The average molecular weight is 571 g/mol. The van der Waals surface area contributed by atoms with Gasteiger partial charge in [-0.3, -0.25) is 19.9 Å². The maximum atomic E-state index is 5.17. The molecule has 0 unspecified atom stereocenters. The molecule has 0 aliphatic heterocycles. The van der Waals surface area contributed by atoms with E-state index in [9.17, 15) is 0 Å². The number of pyridine rings is 4. The Hall–Kier alpha value is -5.22. The highest BCUT2D eigenvalue weighted by Crippen LogP contribution is 2.47. The van der Waals surface area contributed by atoms with Crippen molar-refractivity contribution >= 4 is 21.5 Å². The van der Waals surface area contributed by atoms with Gasteiger partial charge in [0.25, 0.3) is 0 Å². The summed E-state index contributed by atoms with van der Waals surface area (Å²) >= 11 is 0. The lowest BCUT2D eigenvalue weighted by Crippen LogP contribution is -2.04. The van der Waals surface area contributed by atoms with Crippen LogP contribution in [0.2, 0.25) is 0 Å². The summed E-state index contributed by atoms with van der Waals surface area (Å²) in [6.07, 6.45) is 3.66. The first-order valence-corrected chi connectivity index (χ1v) is 15.1. The van der Waals surface area contributed by atoms with Gasteiger partial charge in [0.15, 0.2) is 0 Å². The van der Waals surface area contributed by atoms with Gasteiger partial charge in [0.2, 0.25) is 0 Å². The number of nitrogens with zero attached hydrogens (tertiary/aromatic N) is 4. The summed E-state index contributed by atoms with van der Waals surface area (Å²) in [5, 5.41) is 4.85. The molecule has 4 heterocycles. The van der Waals surface area contributed by atoms with Crippen molar-refractivity contribution in [2.24, 2.45) is 0 Å². The van der Waals surface area contributed by atoms with Gasteiger partial charge in [0.05, 0.1) is 22.8 Å². The van der Waals surface area contributed by atoms with Crippen molar-refractivity contribution in [1.82, 2.24) is 19.9 Å². The molecule has 0 saturated carbocycles. The molecular weight excluding hydrogens is 536 g/mol. The zero-order chi connectivity index (χ0) is 30.5. The van der Waals surface area contributed by atoms with Crippen LogP contribution in [0, 0.1) is 41.5 Å². The van der Waals surface area contributed by atoms with E-state index in [2.05, 4.69) is 100 Å². The second-order valence-corrected chi connectivity index (χ2v) is 11.6. The molecule has 0 fully saturated rings. The van der Waals surface area contributed by atoms with Crippen LogP contribution in [0.1, 0.15) is 33.6 Å². The Kier molecular flexibility index (Phi) is 6.78. The van der Waals surface area contributed by atoms with E-state index in [0.717, 1.165) is 45.3 Å². The van der Waals surface area contributed by atoms with Gasteiger partial charge < -0.3 is 0 Å². The highest BCUT2D eigenvalue weighted by Gasteiger charge is 2.24. The van der Waals surface area contributed by atoms with Gasteiger partial charge in [-0.15, -0.1) is 0 Å². The van der Waals surface area contributed by atoms with E-state index < -0.39 is 0 Å². The first kappa shape index (κ1) is 27.6. The predicted octanol–water partition coefficient (Wildman–Crippen LogP) is 10.1. The van der Waals surface area contributed by atoms with Crippen LogP contribution in [-0.2, 0) is 0 Å². The molecule has 0 spiro atoms. The molecule has 7 aromatic rings. The number of fused-ring (bicyclic) bond motifs is 2. The molecule has 4 nitrogen and oxygen atoms in total. The minimum absolute atomic E-state index is 0.899. The maximum Gasteiger partial charge on any atom is 0.0921 e. The number of aromatic nitrogens is 4. The van der Waals surface area contributed by atoms with Crippen molar-refractivity contribution in [3.05, 3.63) is 131 Å². The Morgan fingerprint density at radius 3 is 1.02 bits per heavy atom. The van der Waals surface area contributed by atoms with Crippen molar-refractivity contribution in [3.63, 3.8) is 0 Å². The van der Waals surface area contributed by atoms with Gasteiger partial charge >= 0.3 is 0 Å². The lowest BCUT2D eigenvalue weighted by molar-refractivity contribution is 1.13. The van der Waals surface area contributed by atoms with E-state index in [1.807, 2.05) is 48.8 Å². The zero-order valence-electron chi connectivity index (χ0n) is 26.0. The molecule has 0 aliphatic carbocycles. The Morgan fingerprint density at radius 1 is 0.364 bits per heavy atom. The second kappa shape index (κ2) is 10.8. The fourth-order valence-corrected chi connectivity index (χ4v) is 6.80. The smallest absolute Gasteiger partial charge is 0.0921 e. The first-order chi connectivity index (χ1) is 21.4. The average Bonchev–Trinajstić information content (AvgIpc) is 3.06. The molecule has 0 aliphatic rings. The Labute approximate surface area is 258 Å². The number of rotatable bonds is 4. The quantitative estimate of drug-likeness (QED) is 0.198. The first-order valence-electron chi connectivity index (χ1n) is 15.1. The van der Waals surface area contributed by atoms with Crippen molar-refractivity contribution < 1.29 is 0 Å². The summed E-state index contributed by atoms with van der Waals surface area (Å²) in [6, 6.07) is 29.6. The summed E-state index contributed by atoms with van der Waals surface area (Å²) in [5.74, 6) is 0. The number of aryl methyl sites for hydroxylation is 2. The fourth-order valence-electron chi connectivity index (χ4n) is 6.80. The van der Waals surface area contributed by atoms with E-state index in [0.29, 0.717) is 0 Å². The monoisotopic (exact) mass is 570 g/mol. The van der Waals surface area contributed by atoms with Gasteiger partial charge in [-0.05, 0) is 121 Å². The molecule has 44 heavy (non-hydrogen) atoms. The van der Waals surface area contributed by atoms with Crippen molar-refractivity contribution in [2.45, 2.75) is 41.5 Å². The third-order valence-electron chi connectivity index (χ3n) is 9.11. The molecule has 0 radical (unpaired) electrons. The third-order valence-corrected chi connectivity index (χ3v) is 9.11. The summed E-state index contributed by atoms with van der Waals surface area (Å²) in [7, 11) is 0. The van der Waals surface area contributed by atoms with Gasteiger partial charge in [-0.25, -0.2) is 0 Å². The zero-order valence-corrected chi connectivity index (χ0v) is 26.0. The lowest BCUT2D eigenvalue weighted by Gasteiger charge is -2.23. The van der Waals surface area contributed by atoms with Crippen molar-refractivity contribution in [1.29, 1.82) is 0 Å². The number of hydrogen-bond donors (Lipinski definition) is 0. The van der Waals surface area contributed by atoms with E-state index in [1.54, 1.807) is 0 Å².